The number of rotatable bonds is 7. The first kappa shape index (κ1) is 16.6. The number of hydrogen-bond donors (Lipinski definition) is 2. The molecule has 0 radical (unpaired) electrons. The van der Waals surface area contributed by atoms with Crippen LogP contribution in [0.2, 0.25) is 0 Å². The molecule has 2 N–H and O–H groups in total. The fraction of sp³-hybridized carbons (Fsp3) is 0.938. The van der Waals surface area contributed by atoms with Gasteiger partial charge >= 0.3 is 6.09 Å². The third-order valence-electron chi connectivity index (χ3n) is 4.72. The zero-order valence-corrected chi connectivity index (χ0v) is 13.2. The second-order valence-electron chi connectivity index (χ2n) is 6.54. The molecule has 1 aliphatic carbocycles. The van der Waals surface area contributed by atoms with Gasteiger partial charge in [-0.25, -0.2) is 4.79 Å². The van der Waals surface area contributed by atoms with Crippen molar-refractivity contribution in [1.29, 1.82) is 0 Å². The number of carbonyl (C=O) groups is 1. The molecule has 0 aromatic rings. The van der Waals surface area contributed by atoms with Crippen molar-refractivity contribution in [3.05, 3.63) is 0 Å². The van der Waals surface area contributed by atoms with E-state index in [0.29, 0.717) is 12.5 Å². The van der Waals surface area contributed by atoms with Gasteiger partial charge in [0.2, 0.25) is 0 Å². The van der Waals surface area contributed by atoms with Crippen molar-refractivity contribution in [2.45, 2.75) is 51.5 Å². The van der Waals surface area contributed by atoms with Crippen LogP contribution < -0.4 is 5.32 Å². The van der Waals surface area contributed by atoms with Gasteiger partial charge in [-0.05, 0) is 50.9 Å². The molecule has 2 rings (SSSR count). The van der Waals surface area contributed by atoms with Crippen molar-refractivity contribution < 1.29 is 14.6 Å². The fourth-order valence-corrected chi connectivity index (χ4v) is 3.53. The Morgan fingerprint density at radius 3 is 2.76 bits per heavy atom. The minimum absolute atomic E-state index is 0.182. The maximum atomic E-state index is 11.6. The van der Waals surface area contributed by atoms with E-state index >= 15 is 0 Å². The molecule has 0 aromatic heterocycles. The Labute approximate surface area is 128 Å². The SMILES string of the molecule is CCOC(=O)NC1CC(CCCO)CN(CC2CCC2)C1. The maximum absolute atomic E-state index is 11.6. The van der Waals surface area contributed by atoms with E-state index in [1.165, 1.54) is 19.3 Å². The van der Waals surface area contributed by atoms with Crippen molar-refractivity contribution in [3.8, 4) is 0 Å². The Morgan fingerprint density at radius 2 is 2.14 bits per heavy atom. The summed E-state index contributed by atoms with van der Waals surface area (Å²) in [4.78, 5) is 14.1. The second kappa shape index (κ2) is 8.59. The lowest BCUT2D eigenvalue weighted by Crippen LogP contribution is -2.52. The monoisotopic (exact) mass is 298 g/mol. The van der Waals surface area contributed by atoms with Gasteiger partial charge in [0.1, 0.15) is 0 Å². The molecular weight excluding hydrogens is 268 g/mol. The number of nitrogens with zero attached hydrogens (tertiary/aromatic N) is 1. The van der Waals surface area contributed by atoms with Gasteiger partial charge in [-0.15, -0.1) is 0 Å². The topological polar surface area (TPSA) is 61.8 Å². The number of piperidine rings is 1. The zero-order valence-electron chi connectivity index (χ0n) is 13.2. The molecule has 2 aliphatic rings. The highest BCUT2D eigenvalue weighted by Gasteiger charge is 2.30. The Kier molecular flexibility index (Phi) is 6.77. The van der Waals surface area contributed by atoms with Crippen molar-refractivity contribution in [1.82, 2.24) is 10.2 Å². The van der Waals surface area contributed by atoms with Crippen LogP contribution in [0.3, 0.4) is 0 Å². The van der Waals surface area contributed by atoms with E-state index in [4.69, 9.17) is 9.84 Å². The van der Waals surface area contributed by atoms with Crippen LogP contribution in [0.5, 0.6) is 0 Å². The highest BCUT2D eigenvalue weighted by molar-refractivity contribution is 5.67. The molecule has 5 nitrogen and oxygen atoms in total. The third kappa shape index (κ3) is 5.47. The minimum Gasteiger partial charge on any atom is -0.450 e. The summed E-state index contributed by atoms with van der Waals surface area (Å²) in [5, 5.41) is 12.0. The van der Waals surface area contributed by atoms with Crippen molar-refractivity contribution in [2.75, 3.05) is 32.8 Å². The summed E-state index contributed by atoms with van der Waals surface area (Å²) in [7, 11) is 0. The van der Waals surface area contributed by atoms with Crippen LogP contribution in [0.1, 0.15) is 45.4 Å². The van der Waals surface area contributed by atoms with E-state index < -0.39 is 0 Å². The molecule has 0 bridgehead atoms. The summed E-state index contributed by atoms with van der Waals surface area (Å²) in [6.45, 7) is 5.71. The minimum atomic E-state index is -0.297. The third-order valence-corrected chi connectivity index (χ3v) is 4.72. The second-order valence-corrected chi connectivity index (χ2v) is 6.54. The number of ether oxygens (including phenoxy) is 1. The highest BCUT2D eigenvalue weighted by Crippen LogP contribution is 2.29. The maximum Gasteiger partial charge on any atom is 0.407 e. The van der Waals surface area contributed by atoms with Crippen LogP contribution in [-0.2, 0) is 4.74 Å². The number of hydrogen-bond acceptors (Lipinski definition) is 4. The number of nitrogens with one attached hydrogen (secondary N) is 1. The van der Waals surface area contributed by atoms with Crippen LogP contribution in [0.4, 0.5) is 4.79 Å². The quantitative estimate of drug-likeness (QED) is 0.754. The normalized spacial score (nSPS) is 27.1. The van der Waals surface area contributed by atoms with E-state index in [-0.39, 0.29) is 18.7 Å². The standard InChI is InChI=1S/C16H30N2O3/c1-2-21-16(20)17-15-9-14(7-4-8-19)11-18(12-15)10-13-5-3-6-13/h13-15,19H,2-12H2,1H3,(H,17,20). The molecule has 1 amide bonds. The summed E-state index contributed by atoms with van der Waals surface area (Å²) in [6.07, 6.45) is 6.68. The Bertz CT molecular complexity index is 321. The van der Waals surface area contributed by atoms with E-state index in [0.717, 1.165) is 44.8 Å². The predicted octanol–water partition coefficient (Wildman–Crippen LogP) is 2.00. The van der Waals surface area contributed by atoms with E-state index in [9.17, 15) is 4.79 Å². The average molecular weight is 298 g/mol. The van der Waals surface area contributed by atoms with Crippen LogP contribution in [0, 0.1) is 11.8 Å². The lowest BCUT2D eigenvalue weighted by Gasteiger charge is -2.41. The van der Waals surface area contributed by atoms with Crippen molar-refractivity contribution in [3.63, 3.8) is 0 Å². The molecule has 2 unspecified atom stereocenters. The number of likely N-dealkylation sites (tertiary alicyclic amines) is 1. The van der Waals surface area contributed by atoms with Gasteiger partial charge < -0.3 is 20.1 Å². The number of carbonyl (C=O) groups excluding carboxylic acids is 1. The molecule has 1 aliphatic heterocycles. The molecule has 2 atom stereocenters. The molecule has 122 valence electrons. The zero-order chi connectivity index (χ0) is 15.1. The molecular formula is C16H30N2O3. The number of aliphatic hydroxyl groups is 1. The van der Waals surface area contributed by atoms with Gasteiger partial charge in [0.15, 0.2) is 0 Å². The average Bonchev–Trinajstić information content (AvgIpc) is 2.41. The smallest absolute Gasteiger partial charge is 0.407 e. The molecule has 21 heavy (non-hydrogen) atoms. The fourth-order valence-electron chi connectivity index (χ4n) is 3.53. The summed E-state index contributed by atoms with van der Waals surface area (Å²) >= 11 is 0. The first-order chi connectivity index (χ1) is 10.2. The van der Waals surface area contributed by atoms with Gasteiger partial charge in [-0.3, -0.25) is 0 Å². The Hall–Kier alpha value is -0.810. The van der Waals surface area contributed by atoms with Gasteiger partial charge in [0, 0.05) is 32.3 Å². The molecule has 0 spiro atoms. The molecule has 1 heterocycles. The van der Waals surface area contributed by atoms with E-state index in [1.54, 1.807) is 0 Å². The van der Waals surface area contributed by atoms with Gasteiger partial charge in [-0.1, -0.05) is 6.42 Å². The first-order valence-electron chi connectivity index (χ1n) is 8.47. The summed E-state index contributed by atoms with van der Waals surface area (Å²) in [5.41, 5.74) is 0. The van der Waals surface area contributed by atoms with Crippen molar-refractivity contribution >= 4 is 6.09 Å². The lowest BCUT2D eigenvalue weighted by molar-refractivity contribution is 0.0884. The van der Waals surface area contributed by atoms with E-state index in [1.807, 2.05) is 6.92 Å². The van der Waals surface area contributed by atoms with Gasteiger partial charge in [0.05, 0.1) is 6.61 Å². The van der Waals surface area contributed by atoms with Crippen molar-refractivity contribution in [2.24, 2.45) is 11.8 Å². The lowest BCUT2D eigenvalue weighted by atomic mass is 9.83. The molecule has 0 aromatic carbocycles. The van der Waals surface area contributed by atoms with E-state index in [2.05, 4.69) is 10.2 Å². The molecule has 5 heteroatoms. The van der Waals surface area contributed by atoms with Crippen LogP contribution >= 0.6 is 0 Å². The number of alkyl carbamates (subject to hydrolysis) is 1. The summed E-state index contributed by atoms with van der Waals surface area (Å²) in [5.74, 6) is 1.42. The van der Waals surface area contributed by atoms with Gasteiger partial charge in [0.25, 0.3) is 0 Å². The highest BCUT2D eigenvalue weighted by atomic mass is 16.5. The molecule has 1 saturated carbocycles. The van der Waals surface area contributed by atoms with Crippen LogP contribution in [-0.4, -0.2) is 55.0 Å². The molecule has 2 fully saturated rings. The van der Waals surface area contributed by atoms with Crippen LogP contribution in [0.25, 0.3) is 0 Å². The largest absolute Gasteiger partial charge is 0.450 e. The predicted molar refractivity (Wildman–Crippen MR) is 82.2 cm³/mol. The number of amides is 1. The number of aliphatic hydroxyl groups excluding tert-OH is 1. The Balaban J connectivity index is 1.83. The Morgan fingerprint density at radius 1 is 1.33 bits per heavy atom. The van der Waals surface area contributed by atoms with Crippen LogP contribution in [0.15, 0.2) is 0 Å². The summed E-state index contributed by atoms with van der Waals surface area (Å²) in [6, 6.07) is 0.182. The summed E-state index contributed by atoms with van der Waals surface area (Å²) < 4.78 is 5.00. The first-order valence-corrected chi connectivity index (χ1v) is 8.47. The molecule has 1 saturated heterocycles. The van der Waals surface area contributed by atoms with Gasteiger partial charge in [-0.2, -0.15) is 0 Å².